The molecule has 0 heterocycles. The van der Waals surface area contributed by atoms with E-state index in [4.69, 9.17) is 5.73 Å². The van der Waals surface area contributed by atoms with Gasteiger partial charge in [0.1, 0.15) is 0 Å². The monoisotopic (exact) mass is 432 g/mol. The summed E-state index contributed by atoms with van der Waals surface area (Å²) in [5.41, 5.74) is 6.57. The van der Waals surface area contributed by atoms with Crippen LogP contribution in [0.5, 0.6) is 0 Å². The number of imide groups is 1. The third-order valence-corrected chi connectivity index (χ3v) is 4.33. The van der Waals surface area contributed by atoms with E-state index in [0.717, 1.165) is 38.5 Å². The molecule has 0 unspecified atom stereocenters. The lowest BCUT2D eigenvalue weighted by atomic mass is 10.2. The van der Waals surface area contributed by atoms with E-state index < -0.39 is 5.91 Å². The number of amides is 2. The maximum absolute atomic E-state index is 11.9. The van der Waals surface area contributed by atoms with Crippen LogP contribution in [0.1, 0.15) is 62.2 Å². The lowest BCUT2D eigenvalue weighted by Gasteiger charge is -2.02. The van der Waals surface area contributed by atoms with Crippen LogP contribution in [-0.4, -0.2) is 11.8 Å². The summed E-state index contributed by atoms with van der Waals surface area (Å²) in [5.74, 6) is -0.743. The summed E-state index contributed by atoms with van der Waals surface area (Å²) in [7, 11) is 0. The van der Waals surface area contributed by atoms with Crippen molar-refractivity contribution in [3.63, 3.8) is 0 Å². The van der Waals surface area contributed by atoms with Gasteiger partial charge >= 0.3 is 0 Å². The van der Waals surface area contributed by atoms with E-state index in [2.05, 4.69) is 73.0 Å². The van der Waals surface area contributed by atoms with Crippen molar-refractivity contribution in [1.82, 2.24) is 5.32 Å². The Balaban J connectivity index is 2.08. The summed E-state index contributed by atoms with van der Waals surface area (Å²) < 4.78 is 0. The van der Waals surface area contributed by atoms with Crippen LogP contribution in [0.3, 0.4) is 0 Å². The van der Waals surface area contributed by atoms with E-state index in [9.17, 15) is 9.59 Å². The Morgan fingerprint density at radius 3 is 1.53 bits per heavy atom. The van der Waals surface area contributed by atoms with E-state index in [1.165, 1.54) is 0 Å². The van der Waals surface area contributed by atoms with Crippen LogP contribution in [0.15, 0.2) is 97.2 Å². The van der Waals surface area contributed by atoms with Crippen LogP contribution >= 0.6 is 0 Å². The van der Waals surface area contributed by atoms with Gasteiger partial charge in [-0.15, -0.1) is 0 Å². The molecule has 1 aromatic carbocycles. The second-order valence-electron chi connectivity index (χ2n) is 7.12. The van der Waals surface area contributed by atoms with Gasteiger partial charge in [0.25, 0.3) is 5.91 Å². The van der Waals surface area contributed by atoms with Crippen molar-refractivity contribution in [2.45, 2.75) is 51.9 Å². The highest BCUT2D eigenvalue weighted by atomic mass is 16.2. The Kier molecular flexibility index (Phi) is 15.3. The van der Waals surface area contributed by atoms with Gasteiger partial charge in [-0.3, -0.25) is 14.9 Å². The number of nitrogens with one attached hydrogen (secondary N) is 1. The zero-order valence-corrected chi connectivity index (χ0v) is 19.1. The Labute approximate surface area is 193 Å². The maximum Gasteiger partial charge on any atom is 0.257 e. The first-order valence-corrected chi connectivity index (χ1v) is 11.2. The van der Waals surface area contributed by atoms with Gasteiger partial charge < -0.3 is 5.73 Å². The SMILES string of the molecule is CC/C=C\C/C=C\C/C=C\C/C=C\C/C=C\C/C=C\CC(=O)NC(=O)c1ccc(N)cc1. The molecule has 0 aliphatic carbocycles. The molecule has 3 N–H and O–H groups in total. The predicted molar refractivity (Wildman–Crippen MR) is 136 cm³/mol. The normalized spacial score (nSPS) is 12.4. The van der Waals surface area contributed by atoms with Crippen LogP contribution in [0.4, 0.5) is 5.69 Å². The fourth-order valence-corrected chi connectivity index (χ4v) is 2.60. The highest BCUT2D eigenvalue weighted by Gasteiger charge is 2.08. The molecule has 0 atom stereocenters. The van der Waals surface area contributed by atoms with Crippen LogP contribution in [0.2, 0.25) is 0 Å². The van der Waals surface area contributed by atoms with Gasteiger partial charge in [-0.05, 0) is 62.8 Å². The Morgan fingerprint density at radius 1 is 0.688 bits per heavy atom. The molecule has 0 saturated heterocycles. The Hall–Kier alpha value is -3.40. The van der Waals surface area contributed by atoms with Gasteiger partial charge in [-0.25, -0.2) is 0 Å². The standard InChI is InChI=1S/C28H36N2O2/c1-2-3-4-5-6-7-8-9-10-11-12-13-14-15-16-17-18-19-20-27(31)30-28(32)25-21-23-26(29)24-22-25/h3-4,6-7,9-10,12-13,15-16,18-19,21-24H,2,5,8,11,14,17,20,29H2,1H3,(H,30,31,32)/b4-3-,7-6-,10-9-,13-12-,16-15-,19-18-. The number of nitrogens with two attached hydrogens (primary N) is 1. The van der Waals surface area contributed by atoms with E-state index in [0.29, 0.717) is 11.3 Å². The highest BCUT2D eigenvalue weighted by molar-refractivity contribution is 6.05. The minimum Gasteiger partial charge on any atom is -0.399 e. The third kappa shape index (κ3) is 14.6. The molecule has 1 aromatic rings. The summed E-state index contributed by atoms with van der Waals surface area (Å²) >= 11 is 0. The Morgan fingerprint density at radius 2 is 1.09 bits per heavy atom. The van der Waals surface area contributed by atoms with E-state index in [1.54, 1.807) is 30.3 Å². The maximum atomic E-state index is 11.9. The number of allylic oxidation sites excluding steroid dienone is 11. The lowest BCUT2D eigenvalue weighted by molar-refractivity contribution is -0.119. The van der Waals surface area contributed by atoms with Crippen molar-refractivity contribution in [1.29, 1.82) is 0 Å². The molecule has 4 nitrogen and oxygen atoms in total. The molecule has 0 aliphatic rings. The second-order valence-corrected chi connectivity index (χ2v) is 7.12. The molecule has 0 fully saturated rings. The van der Waals surface area contributed by atoms with Crippen molar-refractivity contribution < 1.29 is 9.59 Å². The Bertz CT molecular complexity index is 841. The number of benzene rings is 1. The topological polar surface area (TPSA) is 72.2 Å². The van der Waals surface area contributed by atoms with Crippen molar-refractivity contribution >= 4 is 17.5 Å². The molecule has 0 bridgehead atoms. The number of carbonyl (C=O) groups excluding carboxylic acids is 2. The number of anilines is 1. The smallest absolute Gasteiger partial charge is 0.257 e. The fraction of sp³-hybridized carbons (Fsp3) is 0.286. The molecule has 4 heteroatoms. The second kappa shape index (κ2) is 18.4. The zero-order valence-electron chi connectivity index (χ0n) is 19.1. The van der Waals surface area contributed by atoms with E-state index in [1.807, 2.05) is 6.08 Å². The highest BCUT2D eigenvalue weighted by Crippen LogP contribution is 2.05. The number of carbonyl (C=O) groups is 2. The van der Waals surface area contributed by atoms with Crippen LogP contribution < -0.4 is 11.1 Å². The van der Waals surface area contributed by atoms with Crippen molar-refractivity contribution in [2.24, 2.45) is 0 Å². The summed E-state index contributed by atoms with van der Waals surface area (Å²) in [6.07, 6.45) is 31.1. The molecule has 0 aromatic heterocycles. The molecular formula is C28H36N2O2. The first kappa shape index (κ1) is 26.6. The quantitative estimate of drug-likeness (QED) is 0.256. The van der Waals surface area contributed by atoms with E-state index >= 15 is 0 Å². The molecule has 170 valence electrons. The minimum atomic E-state index is -0.416. The summed E-state index contributed by atoms with van der Waals surface area (Å²) in [6.45, 7) is 2.14. The molecule has 0 radical (unpaired) electrons. The first-order chi connectivity index (χ1) is 15.6. The van der Waals surface area contributed by atoms with Crippen molar-refractivity contribution in [3.8, 4) is 0 Å². The van der Waals surface area contributed by atoms with Crippen LogP contribution in [0, 0.1) is 0 Å². The number of hydrogen-bond donors (Lipinski definition) is 2. The number of rotatable bonds is 14. The third-order valence-electron chi connectivity index (χ3n) is 4.33. The summed E-state index contributed by atoms with van der Waals surface area (Å²) in [5, 5.41) is 2.36. The van der Waals surface area contributed by atoms with Gasteiger partial charge in [-0.1, -0.05) is 79.8 Å². The predicted octanol–water partition coefficient (Wildman–Crippen LogP) is 6.61. The molecule has 0 aliphatic heterocycles. The molecular weight excluding hydrogens is 396 g/mol. The van der Waals surface area contributed by atoms with Gasteiger partial charge in [0.05, 0.1) is 0 Å². The fourth-order valence-electron chi connectivity index (χ4n) is 2.60. The number of nitrogen functional groups attached to an aromatic ring is 1. The van der Waals surface area contributed by atoms with Crippen molar-refractivity contribution in [2.75, 3.05) is 5.73 Å². The van der Waals surface area contributed by atoms with Gasteiger partial charge in [0.2, 0.25) is 5.91 Å². The van der Waals surface area contributed by atoms with E-state index in [-0.39, 0.29) is 12.3 Å². The lowest BCUT2D eigenvalue weighted by Crippen LogP contribution is -2.29. The molecule has 32 heavy (non-hydrogen) atoms. The first-order valence-electron chi connectivity index (χ1n) is 11.2. The average Bonchev–Trinajstić information content (AvgIpc) is 2.78. The molecule has 0 saturated carbocycles. The van der Waals surface area contributed by atoms with Crippen LogP contribution in [-0.2, 0) is 4.79 Å². The van der Waals surface area contributed by atoms with Crippen LogP contribution in [0.25, 0.3) is 0 Å². The molecule has 2 amide bonds. The summed E-state index contributed by atoms with van der Waals surface area (Å²) in [4.78, 5) is 23.8. The van der Waals surface area contributed by atoms with Gasteiger partial charge in [0, 0.05) is 17.7 Å². The van der Waals surface area contributed by atoms with Gasteiger partial charge in [-0.2, -0.15) is 0 Å². The average molecular weight is 433 g/mol. The molecule has 1 rings (SSSR count). The van der Waals surface area contributed by atoms with Crippen molar-refractivity contribution in [3.05, 3.63) is 103 Å². The number of hydrogen-bond acceptors (Lipinski definition) is 3. The summed E-state index contributed by atoms with van der Waals surface area (Å²) in [6, 6.07) is 6.44. The largest absolute Gasteiger partial charge is 0.399 e. The molecule has 0 spiro atoms. The zero-order chi connectivity index (χ0) is 23.3. The van der Waals surface area contributed by atoms with Gasteiger partial charge in [0.15, 0.2) is 0 Å². The minimum absolute atomic E-state index is 0.172.